The summed E-state index contributed by atoms with van der Waals surface area (Å²) in [5.41, 5.74) is 1.52. The maximum Gasteiger partial charge on any atom is 0.416 e. The number of benzene rings is 2. The van der Waals surface area contributed by atoms with Crippen LogP contribution in [-0.2, 0) is 22.1 Å². The van der Waals surface area contributed by atoms with Gasteiger partial charge in [-0.25, -0.2) is 4.79 Å². The van der Waals surface area contributed by atoms with Crippen molar-refractivity contribution in [2.75, 3.05) is 0 Å². The number of aryl methyl sites for hydroxylation is 2. The molecule has 2 amide bonds. The Bertz CT molecular complexity index is 970. The van der Waals surface area contributed by atoms with Crippen LogP contribution in [0.4, 0.5) is 18.0 Å². The van der Waals surface area contributed by atoms with Crippen LogP contribution in [0.5, 0.6) is 11.5 Å². The number of halogens is 3. The highest BCUT2D eigenvalue weighted by atomic mass is 19.4. The van der Waals surface area contributed by atoms with Gasteiger partial charge in [-0.2, -0.15) is 13.2 Å². The largest absolute Gasteiger partial charge is 0.457 e. The molecule has 4 rings (SSSR count). The van der Waals surface area contributed by atoms with Crippen molar-refractivity contribution < 1.29 is 32.2 Å². The Balaban J connectivity index is 1.54. The molecule has 0 radical (unpaired) electrons. The molecular weight excluding hydrogens is 375 g/mol. The molecule has 146 valence electrons. The minimum atomic E-state index is -4.40. The zero-order valence-electron chi connectivity index (χ0n) is 14.8. The highest BCUT2D eigenvalue weighted by Gasteiger charge is 2.42. The van der Waals surface area contributed by atoms with Gasteiger partial charge in [0.15, 0.2) is 6.10 Å². The van der Waals surface area contributed by atoms with Crippen LogP contribution in [0.3, 0.4) is 0 Å². The molecule has 2 aromatic carbocycles. The summed E-state index contributed by atoms with van der Waals surface area (Å²) in [6.07, 6.45) is -4.63. The molecule has 1 fully saturated rings. The number of hydrogen-bond donors (Lipinski definition) is 1. The van der Waals surface area contributed by atoms with E-state index in [4.69, 9.17) is 9.47 Å². The topological polar surface area (TPSA) is 64.6 Å². The van der Waals surface area contributed by atoms with Gasteiger partial charge in [-0.15, -0.1) is 0 Å². The van der Waals surface area contributed by atoms with Gasteiger partial charge in [0.25, 0.3) is 5.91 Å². The summed E-state index contributed by atoms with van der Waals surface area (Å²) in [4.78, 5) is 23.1. The molecule has 1 heterocycles. The van der Waals surface area contributed by atoms with Gasteiger partial charge in [0, 0.05) is 5.92 Å². The third-order valence-corrected chi connectivity index (χ3v) is 5.05. The van der Waals surface area contributed by atoms with E-state index in [2.05, 4.69) is 5.32 Å². The molecule has 1 N–H and O–H groups in total. The Morgan fingerprint density at radius 1 is 1.14 bits per heavy atom. The number of carbonyl (C=O) groups is 2. The van der Waals surface area contributed by atoms with E-state index in [1.54, 1.807) is 25.1 Å². The lowest BCUT2D eigenvalue weighted by molar-refractivity contribution is -0.137. The molecule has 1 aliphatic heterocycles. The second-order valence-corrected chi connectivity index (χ2v) is 6.90. The van der Waals surface area contributed by atoms with E-state index < -0.39 is 29.8 Å². The Labute approximate surface area is 158 Å². The number of imide groups is 1. The molecule has 0 spiro atoms. The fourth-order valence-corrected chi connectivity index (χ4v) is 3.71. The average Bonchev–Trinajstić information content (AvgIpc) is 3.17. The van der Waals surface area contributed by atoms with Gasteiger partial charge < -0.3 is 9.47 Å². The molecule has 2 atom stereocenters. The fourth-order valence-electron chi connectivity index (χ4n) is 3.71. The SMILES string of the molecule is Cc1cc(C(F)(F)F)ccc1Oc1ccc2c(c1)CC[C@H]2C1OC(=O)NC1=O. The van der Waals surface area contributed by atoms with Crippen molar-refractivity contribution in [2.45, 2.75) is 38.0 Å². The van der Waals surface area contributed by atoms with Crippen molar-refractivity contribution in [1.29, 1.82) is 0 Å². The van der Waals surface area contributed by atoms with Gasteiger partial charge in [-0.1, -0.05) is 6.07 Å². The van der Waals surface area contributed by atoms with Crippen LogP contribution in [0.1, 0.15) is 34.6 Å². The van der Waals surface area contributed by atoms with Crippen molar-refractivity contribution in [1.82, 2.24) is 5.32 Å². The molecule has 5 nitrogen and oxygen atoms in total. The lowest BCUT2D eigenvalue weighted by atomic mass is 9.95. The molecule has 0 aromatic heterocycles. The number of amides is 2. The number of alkyl carbamates (subject to hydrolysis) is 1. The summed E-state index contributed by atoms with van der Waals surface area (Å²) in [6.45, 7) is 1.56. The molecule has 1 unspecified atom stereocenters. The smallest absolute Gasteiger partial charge is 0.416 e. The van der Waals surface area contributed by atoms with Crippen LogP contribution < -0.4 is 10.1 Å². The number of carbonyl (C=O) groups excluding carboxylic acids is 2. The first-order valence-corrected chi connectivity index (χ1v) is 8.72. The number of fused-ring (bicyclic) bond motifs is 1. The third-order valence-electron chi connectivity index (χ3n) is 5.05. The van der Waals surface area contributed by atoms with Crippen molar-refractivity contribution in [2.24, 2.45) is 0 Å². The summed E-state index contributed by atoms with van der Waals surface area (Å²) < 4.78 is 49.2. The normalized spacial score (nSPS) is 21.3. The highest BCUT2D eigenvalue weighted by molar-refractivity contribution is 6.00. The van der Waals surface area contributed by atoms with Gasteiger partial charge in [-0.05, 0) is 66.8 Å². The van der Waals surface area contributed by atoms with Gasteiger partial charge in [0.05, 0.1) is 5.56 Å². The average molecular weight is 391 g/mol. The Hall–Kier alpha value is -3.03. The zero-order valence-corrected chi connectivity index (χ0v) is 14.8. The van der Waals surface area contributed by atoms with Crippen LogP contribution >= 0.6 is 0 Å². The predicted molar refractivity (Wildman–Crippen MR) is 92.2 cm³/mol. The van der Waals surface area contributed by atoms with Crippen LogP contribution in [0.25, 0.3) is 0 Å². The minimum Gasteiger partial charge on any atom is -0.457 e. The third kappa shape index (κ3) is 3.30. The lowest BCUT2D eigenvalue weighted by Crippen LogP contribution is -2.28. The first-order chi connectivity index (χ1) is 13.2. The summed E-state index contributed by atoms with van der Waals surface area (Å²) >= 11 is 0. The standard InChI is InChI=1S/C20H16F3NO4/c1-10-8-12(20(21,22)23)3-7-16(10)27-13-4-6-14-11(9-13)2-5-15(14)17-18(25)24-19(26)28-17/h3-4,6-9,15,17H,2,5H2,1H3,(H,24,25,26)/t15-,17?/m1/s1. The van der Waals surface area contributed by atoms with E-state index in [9.17, 15) is 22.8 Å². The van der Waals surface area contributed by atoms with Crippen molar-refractivity contribution >= 4 is 12.0 Å². The molecule has 2 aliphatic rings. The molecule has 0 saturated carbocycles. The second-order valence-electron chi connectivity index (χ2n) is 6.90. The minimum absolute atomic E-state index is 0.219. The number of ether oxygens (including phenoxy) is 2. The molecule has 1 aliphatic carbocycles. The summed E-state index contributed by atoms with van der Waals surface area (Å²) in [6, 6.07) is 8.65. The monoisotopic (exact) mass is 391 g/mol. The molecule has 8 heteroatoms. The fraction of sp³-hybridized carbons (Fsp3) is 0.300. The van der Waals surface area contributed by atoms with E-state index >= 15 is 0 Å². The van der Waals surface area contributed by atoms with Crippen LogP contribution in [0.15, 0.2) is 36.4 Å². The zero-order chi connectivity index (χ0) is 20.1. The van der Waals surface area contributed by atoms with Crippen molar-refractivity contribution in [3.05, 3.63) is 58.7 Å². The Morgan fingerprint density at radius 2 is 1.93 bits per heavy atom. The number of hydrogen-bond acceptors (Lipinski definition) is 4. The lowest BCUT2D eigenvalue weighted by Gasteiger charge is -2.16. The van der Waals surface area contributed by atoms with Crippen LogP contribution in [-0.4, -0.2) is 18.1 Å². The van der Waals surface area contributed by atoms with Crippen LogP contribution in [0.2, 0.25) is 0 Å². The second kappa shape index (κ2) is 6.54. The maximum atomic E-state index is 12.8. The Morgan fingerprint density at radius 3 is 2.57 bits per heavy atom. The van der Waals surface area contributed by atoms with Gasteiger partial charge in [0.2, 0.25) is 0 Å². The van der Waals surface area contributed by atoms with Crippen LogP contribution in [0, 0.1) is 6.92 Å². The van der Waals surface area contributed by atoms with Crippen molar-refractivity contribution in [3.8, 4) is 11.5 Å². The number of rotatable bonds is 3. The number of nitrogens with one attached hydrogen (secondary N) is 1. The van der Waals surface area contributed by atoms with E-state index in [1.807, 2.05) is 0 Å². The number of alkyl halides is 3. The van der Waals surface area contributed by atoms with Gasteiger partial charge in [0.1, 0.15) is 11.5 Å². The Kier molecular flexibility index (Phi) is 4.28. The van der Waals surface area contributed by atoms with E-state index in [1.165, 1.54) is 6.07 Å². The first-order valence-electron chi connectivity index (χ1n) is 8.72. The molecule has 28 heavy (non-hydrogen) atoms. The summed E-state index contributed by atoms with van der Waals surface area (Å²) in [5.74, 6) is 0.175. The summed E-state index contributed by atoms with van der Waals surface area (Å²) in [5, 5.41) is 2.14. The number of cyclic esters (lactones) is 1. The van der Waals surface area contributed by atoms with Gasteiger partial charge >= 0.3 is 12.3 Å². The molecule has 0 bridgehead atoms. The van der Waals surface area contributed by atoms with E-state index in [0.717, 1.165) is 23.3 Å². The summed E-state index contributed by atoms with van der Waals surface area (Å²) in [7, 11) is 0. The highest BCUT2D eigenvalue weighted by Crippen LogP contribution is 2.40. The van der Waals surface area contributed by atoms with Gasteiger partial charge in [-0.3, -0.25) is 10.1 Å². The van der Waals surface area contributed by atoms with Crippen molar-refractivity contribution in [3.63, 3.8) is 0 Å². The first kappa shape index (κ1) is 18.3. The molecule has 2 aromatic rings. The maximum absolute atomic E-state index is 12.8. The van der Waals surface area contributed by atoms with E-state index in [-0.39, 0.29) is 5.92 Å². The molecular formula is C20H16F3NO4. The predicted octanol–water partition coefficient (Wildman–Crippen LogP) is 4.47. The van der Waals surface area contributed by atoms with E-state index in [0.29, 0.717) is 29.9 Å². The quantitative estimate of drug-likeness (QED) is 0.839. The molecule has 1 saturated heterocycles.